The molecular weight excluding hydrogens is 290 g/mol. The fourth-order valence-corrected chi connectivity index (χ4v) is 3.39. The number of benzene rings is 1. The van der Waals surface area contributed by atoms with E-state index < -0.39 is 15.6 Å². The molecule has 5 nitrogen and oxygen atoms in total. The summed E-state index contributed by atoms with van der Waals surface area (Å²) >= 11 is 0. The second-order valence-corrected chi connectivity index (χ2v) is 7.65. The number of ether oxygens (including phenoxy) is 1. The molecule has 1 heterocycles. The van der Waals surface area contributed by atoms with Gasteiger partial charge in [-0.1, -0.05) is 26.0 Å². The average Bonchev–Trinajstić information content (AvgIpc) is 2.46. The van der Waals surface area contributed by atoms with E-state index in [9.17, 15) is 13.5 Å². The minimum Gasteiger partial charge on any atom is -0.388 e. The van der Waals surface area contributed by atoms with Crippen LogP contribution in [0.25, 0.3) is 0 Å². The maximum absolute atomic E-state index is 12.2. The van der Waals surface area contributed by atoms with Crippen LogP contribution in [-0.4, -0.2) is 38.9 Å². The Hall–Kier alpha value is -0.950. The minimum atomic E-state index is -3.59. The summed E-state index contributed by atoms with van der Waals surface area (Å²) in [6, 6.07) is 6.85. The van der Waals surface area contributed by atoms with Crippen molar-refractivity contribution in [2.45, 2.75) is 43.1 Å². The molecule has 1 aliphatic heterocycles. The number of hydrogen-bond donors (Lipinski definition) is 2. The first-order chi connectivity index (χ1) is 9.82. The van der Waals surface area contributed by atoms with E-state index in [1.807, 2.05) is 12.1 Å². The van der Waals surface area contributed by atoms with Crippen LogP contribution in [0.4, 0.5) is 0 Å². The van der Waals surface area contributed by atoms with E-state index in [1.54, 1.807) is 12.1 Å². The summed E-state index contributed by atoms with van der Waals surface area (Å²) in [4.78, 5) is 0.225. The molecule has 118 valence electrons. The Morgan fingerprint density at radius 1 is 1.24 bits per heavy atom. The van der Waals surface area contributed by atoms with Gasteiger partial charge < -0.3 is 9.84 Å². The molecule has 0 bridgehead atoms. The Balaban J connectivity index is 2.04. The number of rotatable bonds is 5. The van der Waals surface area contributed by atoms with Crippen LogP contribution in [0.1, 0.15) is 38.2 Å². The lowest BCUT2D eigenvalue weighted by Crippen LogP contribution is -2.46. The lowest BCUT2D eigenvalue weighted by atomic mass is 9.95. The van der Waals surface area contributed by atoms with Gasteiger partial charge in [-0.25, -0.2) is 13.1 Å². The second-order valence-electron chi connectivity index (χ2n) is 5.89. The first kappa shape index (κ1) is 16.4. The summed E-state index contributed by atoms with van der Waals surface area (Å²) in [6.07, 6.45) is 0.892. The molecule has 1 aromatic rings. The van der Waals surface area contributed by atoms with Crippen molar-refractivity contribution in [1.29, 1.82) is 0 Å². The predicted octanol–water partition coefficient (Wildman–Crippen LogP) is 1.63. The zero-order chi connectivity index (χ0) is 15.5. The van der Waals surface area contributed by atoms with Gasteiger partial charge in [0.05, 0.1) is 10.5 Å². The first-order valence-corrected chi connectivity index (χ1v) is 8.70. The van der Waals surface area contributed by atoms with E-state index in [0.717, 1.165) is 5.56 Å². The highest BCUT2D eigenvalue weighted by atomic mass is 32.2. The molecule has 0 atom stereocenters. The summed E-state index contributed by atoms with van der Waals surface area (Å²) in [7, 11) is -3.59. The Morgan fingerprint density at radius 2 is 1.81 bits per heavy atom. The molecule has 1 fully saturated rings. The van der Waals surface area contributed by atoms with E-state index in [0.29, 0.717) is 32.0 Å². The van der Waals surface area contributed by atoms with E-state index >= 15 is 0 Å². The minimum absolute atomic E-state index is 0.0185. The third-order valence-corrected chi connectivity index (χ3v) is 5.29. The van der Waals surface area contributed by atoms with E-state index in [-0.39, 0.29) is 11.4 Å². The Labute approximate surface area is 126 Å². The zero-order valence-corrected chi connectivity index (χ0v) is 13.3. The van der Waals surface area contributed by atoms with Crippen molar-refractivity contribution in [2.75, 3.05) is 19.8 Å². The van der Waals surface area contributed by atoms with Gasteiger partial charge in [0, 0.05) is 32.6 Å². The standard InChI is InChI=1S/C15H23NO4S/c1-12(2)13-3-5-14(6-4-13)21(18,19)16-11-15(17)7-9-20-10-8-15/h3-6,12,16-17H,7-11H2,1-2H3. The molecule has 21 heavy (non-hydrogen) atoms. The molecule has 0 radical (unpaired) electrons. The molecule has 0 aliphatic carbocycles. The van der Waals surface area contributed by atoms with E-state index in [1.165, 1.54) is 0 Å². The predicted molar refractivity (Wildman–Crippen MR) is 80.7 cm³/mol. The van der Waals surface area contributed by atoms with Crippen molar-refractivity contribution in [1.82, 2.24) is 4.72 Å². The number of aliphatic hydroxyl groups is 1. The topological polar surface area (TPSA) is 75.6 Å². The summed E-state index contributed by atoms with van der Waals surface area (Å²) < 4.78 is 32.2. The molecule has 6 heteroatoms. The first-order valence-electron chi connectivity index (χ1n) is 7.22. The highest BCUT2D eigenvalue weighted by Crippen LogP contribution is 2.21. The molecule has 0 spiro atoms. The largest absolute Gasteiger partial charge is 0.388 e. The number of sulfonamides is 1. The Bertz CT molecular complexity index is 560. The monoisotopic (exact) mass is 313 g/mol. The van der Waals surface area contributed by atoms with Crippen molar-refractivity contribution in [2.24, 2.45) is 0 Å². The zero-order valence-electron chi connectivity index (χ0n) is 12.5. The number of hydrogen-bond acceptors (Lipinski definition) is 4. The lowest BCUT2D eigenvalue weighted by Gasteiger charge is -2.31. The van der Waals surface area contributed by atoms with Gasteiger partial charge in [-0.2, -0.15) is 0 Å². The van der Waals surface area contributed by atoms with Gasteiger partial charge in [-0.15, -0.1) is 0 Å². The second kappa shape index (κ2) is 6.44. The van der Waals surface area contributed by atoms with Crippen LogP contribution in [-0.2, 0) is 14.8 Å². The molecule has 0 amide bonds. The summed E-state index contributed by atoms with van der Waals surface area (Å²) in [6.45, 7) is 5.05. The SMILES string of the molecule is CC(C)c1ccc(S(=O)(=O)NCC2(O)CCOCC2)cc1. The summed E-state index contributed by atoms with van der Waals surface area (Å²) in [5.41, 5.74) is 0.0837. The van der Waals surface area contributed by atoms with Gasteiger partial charge in [0.2, 0.25) is 10.0 Å². The maximum Gasteiger partial charge on any atom is 0.240 e. The lowest BCUT2D eigenvalue weighted by molar-refractivity contribution is -0.0588. The quantitative estimate of drug-likeness (QED) is 0.866. The Kier molecular flexibility index (Phi) is 5.03. The highest BCUT2D eigenvalue weighted by molar-refractivity contribution is 7.89. The molecule has 1 saturated heterocycles. The molecule has 1 aliphatic rings. The molecular formula is C15H23NO4S. The van der Waals surface area contributed by atoms with Crippen LogP contribution >= 0.6 is 0 Å². The third-order valence-electron chi connectivity index (χ3n) is 3.87. The normalized spacial score (nSPS) is 18.9. The van der Waals surface area contributed by atoms with Crippen molar-refractivity contribution in [3.63, 3.8) is 0 Å². The van der Waals surface area contributed by atoms with E-state index in [4.69, 9.17) is 4.74 Å². The van der Waals surface area contributed by atoms with Gasteiger partial charge in [0.25, 0.3) is 0 Å². The van der Waals surface area contributed by atoms with Crippen molar-refractivity contribution in [3.05, 3.63) is 29.8 Å². The molecule has 2 rings (SSSR count). The van der Waals surface area contributed by atoms with Crippen molar-refractivity contribution >= 4 is 10.0 Å². The van der Waals surface area contributed by atoms with Crippen LogP contribution in [0.2, 0.25) is 0 Å². The molecule has 1 aromatic carbocycles. The maximum atomic E-state index is 12.2. The van der Waals surface area contributed by atoms with Crippen LogP contribution in [0, 0.1) is 0 Å². The van der Waals surface area contributed by atoms with Crippen LogP contribution in [0.3, 0.4) is 0 Å². The fourth-order valence-electron chi connectivity index (χ4n) is 2.27. The third kappa shape index (κ3) is 4.26. The van der Waals surface area contributed by atoms with Gasteiger partial charge in [-0.3, -0.25) is 0 Å². The Morgan fingerprint density at radius 3 is 2.33 bits per heavy atom. The van der Waals surface area contributed by atoms with Crippen molar-refractivity contribution < 1.29 is 18.3 Å². The summed E-state index contributed by atoms with van der Waals surface area (Å²) in [5, 5.41) is 10.3. The smallest absolute Gasteiger partial charge is 0.240 e. The highest BCUT2D eigenvalue weighted by Gasteiger charge is 2.31. The van der Waals surface area contributed by atoms with Gasteiger partial charge in [-0.05, 0) is 23.6 Å². The van der Waals surface area contributed by atoms with Crippen LogP contribution in [0.5, 0.6) is 0 Å². The molecule has 0 aromatic heterocycles. The summed E-state index contributed by atoms with van der Waals surface area (Å²) in [5.74, 6) is 0.359. The fraction of sp³-hybridized carbons (Fsp3) is 0.600. The van der Waals surface area contributed by atoms with Crippen LogP contribution < -0.4 is 4.72 Å². The van der Waals surface area contributed by atoms with Crippen molar-refractivity contribution in [3.8, 4) is 0 Å². The van der Waals surface area contributed by atoms with E-state index in [2.05, 4.69) is 18.6 Å². The van der Waals surface area contributed by atoms with Gasteiger partial charge >= 0.3 is 0 Å². The van der Waals surface area contributed by atoms with Gasteiger partial charge in [0.15, 0.2) is 0 Å². The molecule has 2 N–H and O–H groups in total. The molecule has 0 unspecified atom stereocenters. The molecule has 0 saturated carbocycles. The number of nitrogens with one attached hydrogen (secondary N) is 1. The average molecular weight is 313 g/mol. The van der Waals surface area contributed by atoms with Crippen LogP contribution in [0.15, 0.2) is 29.2 Å². The van der Waals surface area contributed by atoms with Gasteiger partial charge in [0.1, 0.15) is 0 Å².